The minimum atomic E-state index is -0.866. The molecule has 394 valence electrons. The molecule has 4 aromatic carbocycles. The van der Waals surface area contributed by atoms with Crippen LogP contribution in [0.2, 0.25) is 5.02 Å². The molecule has 2 saturated heterocycles. The lowest BCUT2D eigenvalue weighted by Gasteiger charge is -2.63. The van der Waals surface area contributed by atoms with E-state index in [1.54, 1.807) is 34.4 Å². The van der Waals surface area contributed by atoms with Crippen molar-refractivity contribution in [3.05, 3.63) is 135 Å². The number of nitrogens with one attached hydrogen (secondary N) is 1. The fourth-order valence-corrected chi connectivity index (χ4v) is 13.6. The second-order valence-corrected chi connectivity index (χ2v) is 23.9. The van der Waals surface area contributed by atoms with Gasteiger partial charge in [0.05, 0.1) is 38.8 Å². The Bertz CT molecular complexity index is 2960. The Hall–Kier alpha value is -6.11. The molecule has 1 aromatic heterocycles. The molecule has 9 rings (SSSR count). The number of rotatable bonds is 17. The Morgan fingerprint density at radius 3 is 2.29 bits per heavy atom. The number of halogens is 1. The van der Waals surface area contributed by atoms with Crippen LogP contribution in [-0.2, 0) is 22.6 Å². The maximum Gasteiger partial charge on any atom is 0.255 e. The van der Waals surface area contributed by atoms with Crippen LogP contribution in [0, 0.1) is 40.9 Å². The number of aliphatic hydroxyl groups is 1. The van der Waals surface area contributed by atoms with E-state index in [0.717, 1.165) is 84.1 Å². The summed E-state index contributed by atoms with van der Waals surface area (Å²) in [5.41, 5.74) is 9.08. The number of hydrogen-bond donors (Lipinski definition) is 2. The van der Waals surface area contributed by atoms with Gasteiger partial charge in [0.2, 0.25) is 11.8 Å². The van der Waals surface area contributed by atoms with Gasteiger partial charge in [0, 0.05) is 85.8 Å². The highest BCUT2D eigenvalue weighted by Crippen LogP contribution is 2.62. The first kappa shape index (κ1) is 53.7. The average Bonchev–Trinajstić information content (AvgIpc) is 4.12. The maximum atomic E-state index is 14.5. The molecule has 15 heteroatoms. The molecule has 2 N–H and O–H groups in total. The summed E-state index contributed by atoms with van der Waals surface area (Å²) in [5, 5.41) is 23.6. The van der Waals surface area contributed by atoms with Gasteiger partial charge in [-0.15, -0.1) is 11.3 Å². The molecule has 4 atom stereocenters. The number of piperazine rings is 1. The third-order valence-electron chi connectivity index (χ3n) is 16.6. The van der Waals surface area contributed by atoms with Gasteiger partial charge in [-0.1, -0.05) is 108 Å². The molecule has 3 aliphatic heterocycles. The summed E-state index contributed by atoms with van der Waals surface area (Å²) >= 11 is 7.87. The molecular weight excluding hydrogens is 982 g/mol. The van der Waals surface area contributed by atoms with Crippen LogP contribution >= 0.6 is 22.9 Å². The first-order valence-electron chi connectivity index (χ1n) is 26.4. The predicted octanol–water partition coefficient (Wildman–Crippen LogP) is 9.92. The van der Waals surface area contributed by atoms with E-state index in [1.807, 2.05) is 81.7 Å². The van der Waals surface area contributed by atoms with E-state index in [1.165, 1.54) is 10.5 Å². The number of ether oxygens (including phenoxy) is 1. The van der Waals surface area contributed by atoms with Crippen LogP contribution in [-0.4, -0.2) is 112 Å². The molecule has 75 heavy (non-hydrogen) atoms. The summed E-state index contributed by atoms with van der Waals surface area (Å²) in [6.07, 6.45) is 1.48. The number of aliphatic hydroxyl groups excluding tert-OH is 1. The highest BCUT2D eigenvalue weighted by atomic mass is 35.5. The van der Waals surface area contributed by atoms with Crippen LogP contribution in [0.15, 0.2) is 90.4 Å². The maximum absolute atomic E-state index is 14.5. The van der Waals surface area contributed by atoms with Crippen molar-refractivity contribution in [2.75, 3.05) is 44.2 Å². The molecule has 1 saturated carbocycles. The van der Waals surface area contributed by atoms with Gasteiger partial charge in [-0.3, -0.25) is 24.1 Å². The molecular formula is C60H70ClN7O6S. The lowest BCUT2D eigenvalue weighted by atomic mass is 9.44. The number of carbonyl (C=O) groups is 4. The number of ketones is 1. The topological polar surface area (TPSA) is 159 Å². The molecule has 0 spiro atoms. The normalized spacial score (nSPS) is 21.8. The number of nitrogens with zero attached hydrogens (tertiary/aromatic N) is 6. The summed E-state index contributed by atoms with van der Waals surface area (Å²) in [5.74, 6) is -0.222. The molecule has 3 fully saturated rings. The number of hydrogen-bond acceptors (Lipinski definition) is 11. The highest BCUT2D eigenvalue weighted by Gasteiger charge is 2.63. The van der Waals surface area contributed by atoms with E-state index in [2.05, 4.69) is 72.1 Å². The smallest absolute Gasteiger partial charge is 0.255 e. The predicted molar refractivity (Wildman–Crippen MR) is 294 cm³/mol. The first-order valence-corrected chi connectivity index (χ1v) is 27.7. The van der Waals surface area contributed by atoms with Gasteiger partial charge in [-0.25, -0.2) is 4.98 Å². The number of amides is 3. The number of Topliss-reactive ketones (excluding diaryl/α,β-unsaturated/α-hetero) is 1. The molecule has 0 unspecified atom stereocenters. The zero-order valence-corrected chi connectivity index (χ0v) is 46.0. The fourth-order valence-electron chi connectivity index (χ4n) is 12.6. The van der Waals surface area contributed by atoms with Crippen LogP contribution < -0.4 is 15.0 Å². The van der Waals surface area contributed by atoms with E-state index >= 15 is 0 Å². The third kappa shape index (κ3) is 11.0. The van der Waals surface area contributed by atoms with Crippen molar-refractivity contribution in [3.63, 3.8) is 0 Å². The van der Waals surface area contributed by atoms with E-state index in [-0.39, 0.29) is 71.3 Å². The number of likely N-dealkylation sites (tertiary alicyclic amines) is 1. The number of aromatic nitrogens is 1. The fraction of sp³-hybridized carbons (Fsp3) is 0.467. The van der Waals surface area contributed by atoms with Crippen molar-refractivity contribution in [1.82, 2.24) is 25.0 Å². The van der Waals surface area contributed by atoms with Crippen molar-refractivity contribution < 1.29 is 29.0 Å². The monoisotopic (exact) mass is 1050 g/mol. The van der Waals surface area contributed by atoms with Gasteiger partial charge >= 0.3 is 0 Å². The minimum absolute atomic E-state index is 0.0239. The van der Waals surface area contributed by atoms with Gasteiger partial charge in [-0.2, -0.15) is 5.26 Å². The summed E-state index contributed by atoms with van der Waals surface area (Å²) in [6, 6.07) is 27.4. The number of nitriles is 1. The van der Waals surface area contributed by atoms with Crippen molar-refractivity contribution in [1.29, 1.82) is 5.26 Å². The van der Waals surface area contributed by atoms with Crippen LogP contribution in [0.3, 0.4) is 0 Å². The van der Waals surface area contributed by atoms with Crippen molar-refractivity contribution >= 4 is 52.1 Å². The molecule has 4 aliphatic rings. The lowest BCUT2D eigenvalue weighted by molar-refractivity contribution is -0.196. The summed E-state index contributed by atoms with van der Waals surface area (Å²) in [6.45, 7) is 21.1. The second-order valence-electron chi connectivity index (χ2n) is 22.7. The largest absolute Gasteiger partial charge is 0.489 e. The Morgan fingerprint density at radius 1 is 0.947 bits per heavy atom. The van der Waals surface area contributed by atoms with Gasteiger partial charge in [0.25, 0.3) is 5.91 Å². The summed E-state index contributed by atoms with van der Waals surface area (Å²) in [4.78, 5) is 69.8. The Balaban J connectivity index is 0.737. The van der Waals surface area contributed by atoms with Crippen LogP contribution in [0.25, 0.3) is 10.4 Å². The summed E-state index contributed by atoms with van der Waals surface area (Å²) in [7, 11) is 0. The Labute approximate surface area is 450 Å². The molecule has 1 aliphatic carbocycles. The molecule has 4 heterocycles. The highest BCUT2D eigenvalue weighted by molar-refractivity contribution is 7.13. The zero-order chi connectivity index (χ0) is 53.5. The van der Waals surface area contributed by atoms with Crippen molar-refractivity contribution in [2.24, 2.45) is 22.7 Å². The third-order valence-corrected chi connectivity index (χ3v) is 17.9. The number of fused-ring (bicyclic) bond motifs is 1. The quantitative estimate of drug-likeness (QED) is 0.0859. The SMILES string of the molecule is Cc1ncsc1-c1ccc([C@H](C)NC(=O)[C@@H]2C[C@@H](O)CN2C(=O)[C@@H](C(C)C)N2Cc3ccc(N4CCN(CCCc5ccc(C(=O)CC6C(C)(C)C(Oc7ccc(C#N)c(Cl)c7)C6(C)C)cc5)CC4)cc3C2=O)cc1. The molecule has 0 radical (unpaired) electrons. The van der Waals surface area contributed by atoms with Crippen LogP contribution in [0.1, 0.15) is 122 Å². The number of benzene rings is 4. The van der Waals surface area contributed by atoms with E-state index in [0.29, 0.717) is 34.9 Å². The number of aryl methyl sites for hydroxylation is 2. The number of thiazole rings is 1. The Kier molecular flexibility index (Phi) is 15.7. The molecule has 13 nitrogen and oxygen atoms in total. The molecule has 0 bridgehead atoms. The first-order chi connectivity index (χ1) is 35.7. The standard InChI is InChI=1S/C60H70ClN7O6S/c1-36(2)53(57(73)67-34-46(69)29-50(67)55(71)64-37(3)40-15-17-42(18-16-40)54-38(4)63-35-75-54)68-33-44-19-21-45(28-48(44)56(68)72)66-26-24-65(25-27-66)23-9-10-39-11-13-41(14-12-39)51(70)31-52-59(5,6)58(60(52,7)8)74-47-22-20-43(32-62)49(61)30-47/h11-22,28,30,35-37,46,50,52-53,58,69H,9-10,23-27,29,31,33-34H2,1-8H3,(H,64,71)/t37-,46+,50-,52?,53+,58?/m0/s1. The Morgan fingerprint density at radius 2 is 1.65 bits per heavy atom. The number of β-amino-alcohol motifs (C(OH)–C–C–N with tert-alkyl or cyclic N) is 1. The van der Waals surface area contributed by atoms with Crippen LogP contribution in [0.4, 0.5) is 5.69 Å². The minimum Gasteiger partial charge on any atom is -0.489 e. The van der Waals surface area contributed by atoms with E-state index in [9.17, 15) is 29.5 Å². The lowest BCUT2D eigenvalue weighted by Crippen LogP contribution is -2.66. The van der Waals surface area contributed by atoms with Crippen LogP contribution in [0.5, 0.6) is 5.75 Å². The molecule has 5 aromatic rings. The number of anilines is 1. The van der Waals surface area contributed by atoms with Gasteiger partial charge in [0.1, 0.15) is 30.0 Å². The number of carbonyl (C=O) groups excluding carboxylic acids is 4. The zero-order valence-electron chi connectivity index (χ0n) is 44.4. The van der Waals surface area contributed by atoms with Crippen molar-refractivity contribution in [2.45, 2.75) is 118 Å². The van der Waals surface area contributed by atoms with Gasteiger partial charge < -0.3 is 29.9 Å². The van der Waals surface area contributed by atoms with E-state index in [4.69, 9.17) is 16.3 Å². The van der Waals surface area contributed by atoms with Gasteiger partial charge in [0.15, 0.2) is 5.78 Å². The van der Waals surface area contributed by atoms with Crippen molar-refractivity contribution in [3.8, 4) is 22.3 Å². The molecule has 3 amide bonds. The summed E-state index contributed by atoms with van der Waals surface area (Å²) < 4.78 is 6.44. The van der Waals surface area contributed by atoms with E-state index < -0.39 is 18.2 Å². The second kappa shape index (κ2) is 21.9. The average molecular weight is 1050 g/mol. The van der Waals surface area contributed by atoms with Gasteiger partial charge in [-0.05, 0) is 91.6 Å².